The predicted molar refractivity (Wildman–Crippen MR) is 55.9 cm³/mol. The maximum atomic E-state index is 2.72. The Balaban J connectivity index is 1.81. The first-order chi connectivity index (χ1) is 6.25. The van der Waals surface area contributed by atoms with Crippen molar-refractivity contribution in [3.8, 4) is 0 Å². The highest BCUT2D eigenvalue weighted by Crippen LogP contribution is 2.23. The highest BCUT2D eigenvalue weighted by atomic mass is 15.2. The van der Waals surface area contributed by atoms with Crippen LogP contribution in [0.3, 0.4) is 0 Å². The van der Waals surface area contributed by atoms with Crippen molar-refractivity contribution in [3.05, 3.63) is 0 Å². The van der Waals surface area contributed by atoms with E-state index >= 15 is 0 Å². The molecule has 1 atom stereocenters. The van der Waals surface area contributed by atoms with Crippen LogP contribution in [0.5, 0.6) is 0 Å². The number of hydrogen-bond acceptors (Lipinski definition) is 2. The van der Waals surface area contributed by atoms with E-state index in [0.29, 0.717) is 0 Å². The fourth-order valence-electron chi connectivity index (χ4n) is 2.66. The van der Waals surface area contributed by atoms with E-state index in [0.717, 1.165) is 12.0 Å². The van der Waals surface area contributed by atoms with Crippen molar-refractivity contribution in [1.82, 2.24) is 9.80 Å². The van der Waals surface area contributed by atoms with Crippen molar-refractivity contribution in [2.75, 3.05) is 33.2 Å². The summed E-state index contributed by atoms with van der Waals surface area (Å²) in [5, 5.41) is 0. The Morgan fingerprint density at radius 2 is 1.69 bits per heavy atom. The number of rotatable bonds is 1. The molecule has 0 saturated carbocycles. The third-order valence-electron chi connectivity index (χ3n) is 3.66. The Bertz CT molecular complexity index is 161. The summed E-state index contributed by atoms with van der Waals surface area (Å²) in [6, 6.07) is 0.904. The summed E-state index contributed by atoms with van der Waals surface area (Å²) in [7, 11) is 2.24. The minimum Gasteiger partial charge on any atom is -0.306 e. The van der Waals surface area contributed by atoms with E-state index < -0.39 is 0 Å². The number of hydrogen-bond donors (Lipinski definition) is 0. The van der Waals surface area contributed by atoms with Crippen molar-refractivity contribution in [2.24, 2.45) is 5.92 Å². The molecule has 2 heterocycles. The maximum absolute atomic E-state index is 2.72. The van der Waals surface area contributed by atoms with Crippen LogP contribution in [0.25, 0.3) is 0 Å². The second kappa shape index (κ2) is 3.97. The zero-order chi connectivity index (χ0) is 9.26. The van der Waals surface area contributed by atoms with E-state index in [4.69, 9.17) is 0 Å². The number of nitrogens with zero attached hydrogens (tertiary/aromatic N) is 2. The Hall–Kier alpha value is -0.0800. The third-order valence-corrected chi connectivity index (χ3v) is 3.66. The van der Waals surface area contributed by atoms with Crippen LogP contribution in [-0.2, 0) is 0 Å². The number of likely N-dealkylation sites (tertiary alicyclic amines) is 2. The van der Waals surface area contributed by atoms with E-state index in [-0.39, 0.29) is 0 Å². The Morgan fingerprint density at radius 1 is 1.00 bits per heavy atom. The van der Waals surface area contributed by atoms with Crippen molar-refractivity contribution < 1.29 is 0 Å². The monoisotopic (exact) mass is 182 g/mol. The molecule has 2 rings (SSSR count). The molecule has 2 fully saturated rings. The summed E-state index contributed by atoms with van der Waals surface area (Å²) in [6.07, 6.45) is 4.21. The first kappa shape index (κ1) is 9.47. The summed E-state index contributed by atoms with van der Waals surface area (Å²) in [5.74, 6) is 0.944. The zero-order valence-corrected chi connectivity index (χ0v) is 9.00. The van der Waals surface area contributed by atoms with Gasteiger partial charge in [-0.2, -0.15) is 0 Å². The first-order valence-electron chi connectivity index (χ1n) is 5.68. The largest absolute Gasteiger partial charge is 0.306 e. The smallest absolute Gasteiger partial charge is 0.0120 e. The van der Waals surface area contributed by atoms with Gasteiger partial charge in [0.15, 0.2) is 0 Å². The van der Waals surface area contributed by atoms with Crippen LogP contribution in [0.1, 0.15) is 26.2 Å². The molecule has 2 aliphatic rings. The lowest BCUT2D eigenvalue weighted by Crippen LogP contribution is -2.42. The Labute approximate surface area is 81.9 Å². The number of piperidine rings is 1. The van der Waals surface area contributed by atoms with Gasteiger partial charge in [0.25, 0.3) is 0 Å². The molecule has 2 aliphatic heterocycles. The molecule has 76 valence electrons. The van der Waals surface area contributed by atoms with Crippen LogP contribution < -0.4 is 0 Å². The molecule has 2 nitrogen and oxygen atoms in total. The predicted octanol–water partition coefficient (Wildman–Crippen LogP) is 1.42. The summed E-state index contributed by atoms with van der Waals surface area (Å²) in [6.45, 7) is 7.70. The molecule has 0 aromatic rings. The molecule has 0 spiro atoms. The van der Waals surface area contributed by atoms with Gasteiger partial charge in [-0.1, -0.05) is 6.92 Å². The van der Waals surface area contributed by atoms with Gasteiger partial charge in [-0.05, 0) is 51.9 Å². The van der Waals surface area contributed by atoms with E-state index in [1.807, 2.05) is 0 Å². The van der Waals surface area contributed by atoms with E-state index in [9.17, 15) is 0 Å². The molecule has 0 aromatic heterocycles. The molecule has 0 aliphatic carbocycles. The van der Waals surface area contributed by atoms with Crippen molar-refractivity contribution in [2.45, 2.75) is 32.2 Å². The SMILES string of the molecule is CC1CCN(C2CCN(C)CC2)C1. The van der Waals surface area contributed by atoms with Crippen LogP contribution in [0.15, 0.2) is 0 Å². The molecule has 0 radical (unpaired) electrons. The van der Waals surface area contributed by atoms with Gasteiger partial charge in [-0.3, -0.25) is 0 Å². The van der Waals surface area contributed by atoms with Crippen LogP contribution in [0, 0.1) is 5.92 Å². The van der Waals surface area contributed by atoms with Crippen molar-refractivity contribution in [3.63, 3.8) is 0 Å². The van der Waals surface area contributed by atoms with Gasteiger partial charge in [-0.15, -0.1) is 0 Å². The highest BCUT2D eigenvalue weighted by molar-refractivity contribution is 4.83. The standard InChI is InChI=1S/C11H22N2/c1-10-3-8-13(9-10)11-4-6-12(2)7-5-11/h10-11H,3-9H2,1-2H3. The van der Waals surface area contributed by atoms with E-state index in [2.05, 4.69) is 23.8 Å². The summed E-state index contributed by atoms with van der Waals surface area (Å²) in [5.41, 5.74) is 0. The first-order valence-corrected chi connectivity index (χ1v) is 5.68. The molecule has 13 heavy (non-hydrogen) atoms. The molecule has 2 heteroatoms. The zero-order valence-electron chi connectivity index (χ0n) is 9.00. The molecule has 0 aromatic carbocycles. The van der Waals surface area contributed by atoms with E-state index in [1.54, 1.807) is 0 Å². The average Bonchev–Trinajstić information content (AvgIpc) is 2.53. The molecular weight excluding hydrogens is 160 g/mol. The summed E-state index contributed by atoms with van der Waals surface area (Å²) in [4.78, 5) is 5.17. The highest BCUT2D eigenvalue weighted by Gasteiger charge is 2.27. The molecule has 0 amide bonds. The second-order valence-electron chi connectivity index (χ2n) is 4.92. The Morgan fingerprint density at radius 3 is 2.23 bits per heavy atom. The fraction of sp³-hybridized carbons (Fsp3) is 1.00. The van der Waals surface area contributed by atoms with Crippen LogP contribution in [0.2, 0.25) is 0 Å². The second-order valence-corrected chi connectivity index (χ2v) is 4.92. The van der Waals surface area contributed by atoms with Crippen LogP contribution in [0.4, 0.5) is 0 Å². The van der Waals surface area contributed by atoms with Gasteiger partial charge in [0.1, 0.15) is 0 Å². The van der Waals surface area contributed by atoms with Gasteiger partial charge in [0, 0.05) is 12.6 Å². The van der Waals surface area contributed by atoms with Crippen molar-refractivity contribution >= 4 is 0 Å². The maximum Gasteiger partial charge on any atom is 0.0120 e. The molecular formula is C11H22N2. The quantitative estimate of drug-likeness (QED) is 0.605. The van der Waals surface area contributed by atoms with Crippen LogP contribution in [-0.4, -0.2) is 49.1 Å². The van der Waals surface area contributed by atoms with Crippen LogP contribution >= 0.6 is 0 Å². The fourth-order valence-corrected chi connectivity index (χ4v) is 2.66. The third kappa shape index (κ3) is 2.23. The molecule has 0 N–H and O–H groups in total. The minimum absolute atomic E-state index is 0.904. The molecule has 1 unspecified atom stereocenters. The lowest BCUT2D eigenvalue weighted by Gasteiger charge is -2.35. The van der Waals surface area contributed by atoms with Gasteiger partial charge in [-0.25, -0.2) is 0 Å². The summed E-state index contributed by atoms with van der Waals surface area (Å²) >= 11 is 0. The topological polar surface area (TPSA) is 6.48 Å². The van der Waals surface area contributed by atoms with Gasteiger partial charge in [0.2, 0.25) is 0 Å². The minimum atomic E-state index is 0.904. The van der Waals surface area contributed by atoms with Gasteiger partial charge in [0.05, 0.1) is 0 Å². The van der Waals surface area contributed by atoms with Gasteiger partial charge < -0.3 is 9.80 Å². The lowest BCUT2D eigenvalue weighted by molar-refractivity contribution is 0.140. The van der Waals surface area contributed by atoms with Gasteiger partial charge >= 0.3 is 0 Å². The Kier molecular flexibility index (Phi) is 2.89. The average molecular weight is 182 g/mol. The molecule has 2 saturated heterocycles. The lowest BCUT2D eigenvalue weighted by atomic mass is 10.0. The summed E-state index contributed by atoms with van der Waals surface area (Å²) < 4.78 is 0. The van der Waals surface area contributed by atoms with Crippen molar-refractivity contribution in [1.29, 1.82) is 0 Å². The van der Waals surface area contributed by atoms with E-state index in [1.165, 1.54) is 45.4 Å². The normalized spacial score (nSPS) is 34.2. The molecule has 0 bridgehead atoms.